The van der Waals surface area contributed by atoms with Crippen molar-refractivity contribution in [3.8, 4) is 28.2 Å². The van der Waals surface area contributed by atoms with Crippen LogP contribution in [-0.2, 0) is 39.8 Å². The fraction of sp³-hybridized carbons (Fsp3) is 0.0625. The summed E-state index contributed by atoms with van der Waals surface area (Å²) < 4.78 is 10.1. The van der Waals surface area contributed by atoms with Crippen LogP contribution < -0.4 is 4.57 Å². The Bertz CT molecular complexity index is 1920. The van der Waals surface area contributed by atoms with Crippen LogP contribution in [0.2, 0.25) is 0 Å². The number of aryl methyl sites for hydroxylation is 2. The predicted molar refractivity (Wildman–Crippen MR) is 143 cm³/mol. The first kappa shape index (κ1) is 23.8. The van der Waals surface area contributed by atoms with E-state index in [2.05, 4.69) is 113 Å². The van der Waals surface area contributed by atoms with E-state index in [4.69, 9.17) is 4.42 Å². The summed E-state index contributed by atoms with van der Waals surface area (Å²) in [7, 11) is 2.13. The van der Waals surface area contributed by atoms with Crippen molar-refractivity contribution in [3.63, 3.8) is 0 Å². The summed E-state index contributed by atoms with van der Waals surface area (Å²) in [6, 6.07) is 38.9. The number of imidazole rings is 1. The fourth-order valence-electron chi connectivity index (χ4n) is 5.11. The monoisotopic (exact) mass is 553 g/mol. The number of oxazole rings is 1. The summed E-state index contributed by atoms with van der Waals surface area (Å²) in [6.45, 7) is 2.14. The molecular formula is C32H22N3OY-. The summed E-state index contributed by atoms with van der Waals surface area (Å²) in [5.74, 6) is 1.08. The molecule has 0 aliphatic rings. The molecule has 0 unspecified atom stereocenters. The Labute approximate surface area is 240 Å². The van der Waals surface area contributed by atoms with Crippen LogP contribution >= 0.6 is 0 Å². The molecule has 0 aliphatic heterocycles. The summed E-state index contributed by atoms with van der Waals surface area (Å²) in [6.07, 6.45) is 1.49. The molecule has 2 heterocycles. The third kappa shape index (κ3) is 3.83. The minimum Gasteiger partial charge on any atom is -0.452 e. The van der Waals surface area contributed by atoms with Crippen molar-refractivity contribution in [2.24, 2.45) is 7.05 Å². The summed E-state index contributed by atoms with van der Waals surface area (Å²) in [4.78, 5) is 4.43. The van der Waals surface area contributed by atoms with Crippen molar-refractivity contribution in [1.29, 1.82) is 0 Å². The van der Waals surface area contributed by atoms with E-state index in [1.54, 1.807) is 0 Å². The SMILES string of the molecule is Cc1ccc(-c2[c-]c3c(cc2)ccc2ocnc23)[c-]c1-c1n(-c2ccccc2)c2ccccc2[n+]1C.[Y]. The quantitative estimate of drug-likeness (QED) is 0.175. The molecular weight excluding hydrogens is 531 g/mol. The predicted octanol–water partition coefficient (Wildman–Crippen LogP) is 6.99. The molecule has 0 N–H and O–H groups in total. The minimum atomic E-state index is 0. The van der Waals surface area contributed by atoms with Gasteiger partial charge in [-0.05, 0) is 35.9 Å². The van der Waals surface area contributed by atoms with E-state index in [-0.39, 0.29) is 32.7 Å². The number of fused-ring (bicyclic) bond motifs is 4. The van der Waals surface area contributed by atoms with Gasteiger partial charge in [-0.2, -0.15) is 29.3 Å². The first-order chi connectivity index (χ1) is 17.7. The van der Waals surface area contributed by atoms with Crippen molar-refractivity contribution in [1.82, 2.24) is 9.55 Å². The molecule has 2 aromatic heterocycles. The van der Waals surface area contributed by atoms with Crippen molar-refractivity contribution in [2.45, 2.75) is 6.92 Å². The molecule has 4 nitrogen and oxygen atoms in total. The molecule has 37 heavy (non-hydrogen) atoms. The van der Waals surface area contributed by atoms with Gasteiger partial charge in [-0.3, -0.25) is 9.55 Å². The largest absolute Gasteiger partial charge is 0.452 e. The van der Waals surface area contributed by atoms with E-state index >= 15 is 0 Å². The Kier molecular flexibility index (Phi) is 6.02. The van der Waals surface area contributed by atoms with Crippen molar-refractivity contribution < 1.29 is 41.7 Å². The van der Waals surface area contributed by atoms with E-state index in [1.165, 1.54) is 11.9 Å². The zero-order valence-electron chi connectivity index (χ0n) is 20.6. The summed E-state index contributed by atoms with van der Waals surface area (Å²) >= 11 is 0. The molecule has 0 atom stereocenters. The van der Waals surface area contributed by atoms with E-state index in [1.807, 2.05) is 18.2 Å². The van der Waals surface area contributed by atoms with Crippen molar-refractivity contribution in [3.05, 3.63) is 115 Å². The molecule has 175 valence electrons. The first-order valence-electron chi connectivity index (χ1n) is 12.0. The van der Waals surface area contributed by atoms with Gasteiger partial charge >= 0.3 is 0 Å². The van der Waals surface area contributed by atoms with Crippen LogP contribution in [0.3, 0.4) is 0 Å². The number of para-hydroxylation sites is 3. The second kappa shape index (κ2) is 9.37. The van der Waals surface area contributed by atoms with Crippen LogP contribution in [0.4, 0.5) is 0 Å². The maximum Gasteiger partial charge on any atom is 0.229 e. The van der Waals surface area contributed by atoms with Crippen molar-refractivity contribution >= 4 is 32.9 Å². The molecule has 0 fully saturated rings. The van der Waals surface area contributed by atoms with Crippen molar-refractivity contribution in [2.75, 3.05) is 0 Å². The average molecular weight is 553 g/mol. The first-order valence-corrected chi connectivity index (χ1v) is 12.0. The molecule has 0 saturated heterocycles. The molecule has 0 spiro atoms. The second-order valence-corrected chi connectivity index (χ2v) is 9.07. The van der Waals surface area contributed by atoms with E-state index in [0.717, 1.165) is 61.2 Å². The molecule has 5 aromatic carbocycles. The topological polar surface area (TPSA) is 34.8 Å². The molecule has 7 rings (SSSR count). The van der Waals surface area contributed by atoms with E-state index in [0.29, 0.717) is 0 Å². The van der Waals surface area contributed by atoms with Gasteiger partial charge in [-0.1, -0.05) is 54.1 Å². The smallest absolute Gasteiger partial charge is 0.229 e. The molecule has 0 amide bonds. The Balaban J connectivity index is 0.00000252. The number of rotatable bonds is 3. The summed E-state index contributed by atoms with van der Waals surface area (Å²) in [5, 5.41) is 2.04. The molecule has 7 aromatic rings. The third-order valence-electron chi connectivity index (χ3n) is 6.92. The summed E-state index contributed by atoms with van der Waals surface area (Å²) in [5.41, 5.74) is 9.23. The number of hydrogen-bond acceptors (Lipinski definition) is 2. The molecule has 5 heteroatoms. The number of aromatic nitrogens is 3. The standard InChI is InChI=1S/C32H22N3O.Y/c1-21-12-13-23(24-15-14-22-16-17-30-31(27(22)19-24)33-20-36-30)18-26(21)32-34(2)28-10-6-7-11-29(28)35(32)25-8-4-3-5-9-25;/h3-17,20H,1-2H3;/q-1;. The average Bonchev–Trinajstić information content (AvgIpc) is 3.52. The van der Waals surface area contributed by atoms with Crippen LogP contribution in [0.15, 0.2) is 102 Å². The van der Waals surface area contributed by atoms with Gasteiger partial charge in [0.15, 0.2) is 17.4 Å². The normalized spacial score (nSPS) is 11.3. The molecule has 0 saturated carbocycles. The van der Waals surface area contributed by atoms with Crippen LogP contribution in [-0.4, -0.2) is 9.55 Å². The van der Waals surface area contributed by atoms with Gasteiger partial charge in [-0.15, -0.1) is 23.8 Å². The van der Waals surface area contributed by atoms with E-state index in [9.17, 15) is 0 Å². The maximum absolute atomic E-state index is 5.52. The third-order valence-corrected chi connectivity index (χ3v) is 6.92. The van der Waals surface area contributed by atoms with E-state index < -0.39 is 0 Å². The zero-order valence-corrected chi connectivity index (χ0v) is 23.4. The minimum absolute atomic E-state index is 0. The Hall–Kier alpha value is -3.60. The second-order valence-electron chi connectivity index (χ2n) is 9.07. The van der Waals surface area contributed by atoms with Gasteiger partial charge in [0, 0.05) is 32.7 Å². The van der Waals surface area contributed by atoms with Crippen LogP contribution in [0.1, 0.15) is 5.56 Å². The Morgan fingerprint density at radius 2 is 1.54 bits per heavy atom. The van der Waals surface area contributed by atoms with Gasteiger partial charge in [0.25, 0.3) is 0 Å². The van der Waals surface area contributed by atoms with Gasteiger partial charge < -0.3 is 4.42 Å². The van der Waals surface area contributed by atoms with Gasteiger partial charge in [0.1, 0.15) is 11.3 Å². The van der Waals surface area contributed by atoms with Gasteiger partial charge in [0.2, 0.25) is 5.82 Å². The molecule has 0 bridgehead atoms. The van der Waals surface area contributed by atoms with Crippen LogP contribution in [0.5, 0.6) is 0 Å². The Morgan fingerprint density at radius 1 is 0.811 bits per heavy atom. The number of hydrogen-bond donors (Lipinski definition) is 0. The maximum atomic E-state index is 5.52. The molecule has 1 radical (unpaired) electrons. The number of benzene rings is 5. The van der Waals surface area contributed by atoms with Crippen LogP contribution in [0.25, 0.3) is 61.1 Å². The fourth-order valence-corrected chi connectivity index (χ4v) is 5.11. The zero-order chi connectivity index (χ0) is 24.2. The Morgan fingerprint density at radius 3 is 2.41 bits per heavy atom. The van der Waals surface area contributed by atoms with Gasteiger partial charge in [-0.25, -0.2) is 4.57 Å². The number of nitrogens with zero attached hydrogens (tertiary/aromatic N) is 3. The molecule has 0 aliphatic carbocycles. The van der Waals surface area contributed by atoms with Gasteiger partial charge in [0.05, 0.1) is 12.6 Å². The van der Waals surface area contributed by atoms with Crippen LogP contribution in [0, 0.1) is 19.1 Å².